The quantitative estimate of drug-likeness (QED) is 0.491. The Kier molecular flexibility index (Phi) is 3.51. The van der Waals surface area contributed by atoms with Crippen molar-refractivity contribution in [3.63, 3.8) is 0 Å². The van der Waals surface area contributed by atoms with Gasteiger partial charge in [0.15, 0.2) is 0 Å². The number of carbonyl (C=O) groups is 1. The van der Waals surface area contributed by atoms with Gasteiger partial charge in [-0.25, -0.2) is 9.78 Å². The molecule has 0 aromatic carbocycles. The van der Waals surface area contributed by atoms with Crippen molar-refractivity contribution in [3.8, 4) is 0 Å². The lowest BCUT2D eigenvalue weighted by molar-refractivity contribution is 0.00395. The average Bonchev–Trinajstić information content (AvgIpc) is 2.63. The third-order valence-corrected chi connectivity index (χ3v) is 3.03. The van der Waals surface area contributed by atoms with Crippen molar-refractivity contribution in [2.75, 3.05) is 17.7 Å². The monoisotopic (exact) mass is 296 g/mol. The van der Waals surface area contributed by atoms with Gasteiger partial charge in [-0.2, -0.15) is 4.98 Å². The van der Waals surface area contributed by atoms with Crippen molar-refractivity contribution in [3.05, 3.63) is 5.76 Å². The van der Waals surface area contributed by atoms with Gasteiger partial charge in [0, 0.05) is 0 Å². The van der Waals surface area contributed by atoms with Crippen molar-refractivity contribution in [1.29, 1.82) is 0 Å². The van der Waals surface area contributed by atoms with E-state index in [9.17, 15) is 4.79 Å². The van der Waals surface area contributed by atoms with Crippen LogP contribution in [0.2, 0.25) is 0 Å². The zero-order valence-electron chi connectivity index (χ0n) is 11.7. The predicted molar refractivity (Wildman–Crippen MR) is 77.6 cm³/mol. The Morgan fingerprint density at radius 1 is 1.30 bits per heavy atom. The molecule has 0 saturated heterocycles. The molecule has 0 unspecified atom stereocenters. The SMILES string of the molecule is CSc1nc(N)nc2oc(C(=O)OC(C)(C)C)c(N)c12. The van der Waals surface area contributed by atoms with Crippen molar-refractivity contribution in [2.45, 2.75) is 31.4 Å². The lowest BCUT2D eigenvalue weighted by Gasteiger charge is -2.18. The minimum absolute atomic E-state index is 0.0614. The van der Waals surface area contributed by atoms with Crippen LogP contribution in [0.4, 0.5) is 11.6 Å². The lowest BCUT2D eigenvalue weighted by Crippen LogP contribution is -2.24. The molecule has 108 valence electrons. The van der Waals surface area contributed by atoms with E-state index in [0.29, 0.717) is 10.4 Å². The maximum atomic E-state index is 12.1. The van der Waals surface area contributed by atoms with E-state index in [-0.39, 0.29) is 23.1 Å². The largest absolute Gasteiger partial charge is 0.454 e. The normalized spacial score (nSPS) is 11.8. The maximum Gasteiger partial charge on any atom is 0.377 e. The van der Waals surface area contributed by atoms with Gasteiger partial charge in [0.2, 0.25) is 17.4 Å². The van der Waals surface area contributed by atoms with Gasteiger partial charge in [0.05, 0.1) is 11.1 Å². The van der Waals surface area contributed by atoms with Crippen LogP contribution < -0.4 is 11.5 Å². The van der Waals surface area contributed by atoms with E-state index in [1.807, 2.05) is 6.26 Å². The topological polar surface area (TPSA) is 117 Å². The number of aromatic nitrogens is 2. The van der Waals surface area contributed by atoms with Gasteiger partial charge in [0.25, 0.3) is 0 Å². The molecule has 0 aliphatic rings. The number of hydrogen-bond donors (Lipinski definition) is 2. The summed E-state index contributed by atoms with van der Waals surface area (Å²) in [6.45, 7) is 5.28. The number of thioether (sulfide) groups is 1. The van der Waals surface area contributed by atoms with Gasteiger partial charge >= 0.3 is 5.97 Å². The fourth-order valence-corrected chi connectivity index (χ4v) is 2.22. The van der Waals surface area contributed by atoms with Crippen LogP contribution in [0.5, 0.6) is 0 Å². The van der Waals surface area contributed by atoms with Gasteiger partial charge in [-0.15, -0.1) is 11.8 Å². The highest BCUT2D eigenvalue weighted by atomic mass is 32.2. The molecule has 0 aliphatic carbocycles. The fourth-order valence-electron chi connectivity index (χ4n) is 1.63. The Bertz CT molecular complexity index is 675. The number of nitrogens with zero attached hydrogens (tertiary/aromatic N) is 2. The average molecular weight is 296 g/mol. The summed E-state index contributed by atoms with van der Waals surface area (Å²) >= 11 is 1.34. The van der Waals surface area contributed by atoms with Crippen molar-refractivity contribution < 1.29 is 13.9 Å². The van der Waals surface area contributed by atoms with Gasteiger partial charge in [-0.05, 0) is 27.0 Å². The first-order chi connectivity index (χ1) is 9.23. The van der Waals surface area contributed by atoms with Crippen LogP contribution in [0, 0.1) is 0 Å². The van der Waals surface area contributed by atoms with E-state index in [2.05, 4.69) is 9.97 Å². The fraction of sp³-hybridized carbons (Fsp3) is 0.417. The molecular formula is C12H16N4O3S. The second kappa shape index (κ2) is 4.86. The highest BCUT2D eigenvalue weighted by molar-refractivity contribution is 7.98. The van der Waals surface area contributed by atoms with Gasteiger partial charge in [0.1, 0.15) is 10.6 Å². The maximum absolute atomic E-state index is 12.1. The van der Waals surface area contributed by atoms with Gasteiger partial charge in [-0.1, -0.05) is 0 Å². The molecule has 0 amide bonds. The van der Waals surface area contributed by atoms with Gasteiger partial charge in [-0.3, -0.25) is 0 Å². The number of nitrogens with two attached hydrogens (primary N) is 2. The van der Waals surface area contributed by atoms with E-state index >= 15 is 0 Å². The number of rotatable bonds is 2. The van der Waals surface area contributed by atoms with Crippen LogP contribution >= 0.6 is 11.8 Å². The summed E-state index contributed by atoms with van der Waals surface area (Å²) in [6, 6.07) is 0. The first-order valence-electron chi connectivity index (χ1n) is 5.85. The molecule has 8 heteroatoms. The third-order valence-electron chi connectivity index (χ3n) is 2.35. The minimum atomic E-state index is -0.643. The smallest absolute Gasteiger partial charge is 0.377 e. The van der Waals surface area contributed by atoms with Crippen molar-refractivity contribution in [1.82, 2.24) is 9.97 Å². The molecule has 0 radical (unpaired) electrons. The Morgan fingerprint density at radius 3 is 2.50 bits per heavy atom. The Balaban J connectivity index is 2.57. The predicted octanol–water partition coefficient (Wildman–Crippen LogP) is 2.06. The number of fused-ring (bicyclic) bond motifs is 1. The molecule has 0 saturated carbocycles. The molecule has 0 spiro atoms. The van der Waals surface area contributed by atoms with Gasteiger partial charge < -0.3 is 20.6 Å². The number of nitrogen functional groups attached to an aromatic ring is 2. The number of ether oxygens (including phenoxy) is 1. The van der Waals surface area contributed by atoms with Crippen molar-refractivity contribution in [2.24, 2.45) is 0 Å². The van der Waals surface area contributed by atoms with E-state index in [4.69, 9.17) is 20.6 Å². The van der Waals surface area contributed by atoms with Crippen LogP contribution in [0.25, 0.3) is 11.1 Å². The zero-order chi connectivity index (χ0) is 15.1. The highest BCUT2D eigenvalue weighted by Crippen LogP contribution is 2.34. The van der Waals surface area contributed by atoms with Crippen LogP contribution in [-0.2, 0) is 4.74 Å². The number of anilines is 2. The van der Waals surface area contributed by atoms with E-state index in [1.165, 1.54) is 11.8 Å². The first-order valence-corrected chi connectivity index (χ1v) is 7.08. The molecule has 0 bridgehead atoms. The van der Waals surface area contributed by atoms with E-state index in [0.717, 1.165) is 0 Å². The molecule has 2 aromatic heterocycles. The van der Waals surface area contributed by atoms with E-state index < -0.39 is 11.6 Å². The standard InChI is InChI=1S/C12H16N4O3S/c1-12(2,3)19-10(17)7-6(13)5-8(18-7)15-11(14)16-9(5)20-4/h13H2,1-4H3,(H2,14,15,16). The molecule has 2 heterocycles. The number of hydrogen-bond acceptors (Lipinski definition) is 8. The summed E-state index contributed by atoms with van der Waals surface area (Å²) in [4.78, 5) is 20.1. The summed E-state index contributed by atoms with van der Waals surface area (Å²) in [5, 5.41) is 1.04. The number of carbonyl (C=O) groups excluding carboxylic acids is 1. The molecule has 4 N–H and O–H groups in total. The molecule has 20 heavy (non-hydrogen) atoms. The van der Waals surface area contributed by atoms with E-state index in [1.54, 1.807) is 20.8 Å². The molecule has 0 atom stereocenters. The summed E-state index contributed by atoms with van der Waals surface area (Å²) in [6.07, 6.45) is 1.82. The summed E-state index contributed by atoms with van der Waals surface area (Å²) < 4.78 is 10.6. The Labute approximate surface area is 120 Å². The van der Waals surface area contributed by atoms with Crippen molar-refractivity contribution >= 4 is 40.5 Å². The van der Waals surface area contributed by atoms with Crippen LogP contribution in [0.3, 0.4) is 0 Å². The van der Waals surface area contributed by atoms with Crippen LogP contribution in [0.15, 0.2) is 9.44 Å². The summed E-state index contributed by atoms with van der Waals surface area (Å²) in [5.74, 6) is -0.657. The minimum Gasteiger partial charge on any atom is -0.454 e. The number of esters is 1. The third kappa shape index (κ3) is 2.64. The van der Waals surface area contributed by atoms with Crippen LogP contribution in [0.1, 0.15) is 31.3 Å². The Hall–Kier alpha value is -1.96. The molecule has 2 aromatic rings. The first kappa shape index (κ1) is 14.4. The summed E-state index contributed by atoms with van der Waals surface area (Å²) in [7, 11) is 0. The zero-order valence-corrected chi connectivity index (χ0v) is 12.5. The highest BCUT2D eigenvalue weighted by Gasteiger charge is 2.27. The van der Waals surface area contributed by atoms with Crippen LogP contribution in [-0.4, -0.2) is 27.8 Å². The molecule has 0 fully saturated rings. The second-order valence-electron chi connectivity index (χ2n) is 5.12. The Morgan fingerprint density at radius 2 is 1.95 bits per heavy atom. The number of furan rings is 1. The lowest BCUT2D eigenvalue weighted by atomic mass is 10.2. The summed E-state index contributed by atoms with van der Waals surface area (Å²) in [5.41, 5.74) is 11.2. The second-order valence-corrected chi connectivity index (χ2v) is 5.91. The molecule has 2 rings (SSSR count). The molecule has 7 nitrogen and oxygen atoms in total. The molecule has 0 aliphatic heterocycles. The molecular weight excluding hydrogens is 280 g/mol.